The van der Waals surface area contributed by atoms with Crippen LogP contribution in [0, 0.1) is 0 Å². The lowest BCUT2D eigenvalue weighted by Crippen LogP contribution is -2.46. The van der Waals surface area contributed by atoms with Crippen LogP contribution in [0.3, 0.4) is 0 Å². The van der Waals surface area contributed by atoms with Crippen LogP contribution in [0.1, 0.15) is 57.8 Å². The van der Waals surface area contributed by atoms with E-state index in [1.54, 1.807) is 0 Å². The van der Waals surface area contributed by atoms with Crippen LogP contribution in [0.5, 0.6) is 0 Å². The van der Waals surface area contributed by atoms with E-state index in [4.69, 9.17) is 0 Å². The zero-order valence-corrected chi connectivity index (χ0v) is 20.5. The minimum absolute atomic E-state index is 0.120. The van der Waals surface area contributed by atoms with Gasteiger partial charge in [0.2, 0.25) is 0 Å². The summed E-state index contributed by atoms with van der Waals surface area (Å²) in [5.74, 6) is 0.168. The Morgan fingerprint density at radius 1 is 0.378 bits per heavy atom. The smallest absolute Gasteiger partial charge is 0.130 e. The SMILES string of the molecule is C1=CN2CN1C1c3cccc(c3)C3c4cccc(c4)C2N2C=CN(C2)C(c2cccc3c2)N2C=CN1C2. The summed E-state index contributed by atoms with van der Waals surface area (Å²) in [4.78, 5) is 15.0. The fourth-order valence-corrected chi connectivity index (χ4v) is 7.31. The first-order valence-corrected chi connectivity index (χ1v) is 13.2. The van der Waals surface area contributed by atoms with E-state index in [2.05, 4.69) is 139 Å². The average Bonchev–Trinajstić information content (AvgIpc) is 3.68. The summed E-state index contributed by atoms with van der Waals surface area (Å²) in [5.41, 5.74) is 8.06. The molecule has 16 bridgehead atoms. The third-order valence-corrected chi connectivity index (χ3v) is 8.84. The Balaban J connectivity index is 1.42. The van der Waals surface area contributed by atoms with E-state index in [0.29, 0.717) is 0 Å². The van der Waals surface area contributed by atoms with E-state index in [-0.39, 0.29) is 24.4 Å². The number of nitrogens with zero attached hydrogens (tertiary/aromatic N) is 6. The van der Waals surface area contributed by atoms with Gasteiger partial charge in [-0.25, -0.2) is 0 Å². The first-order chi connectivity index (χ1) is 18.3. The highest BCUT2D eigenvalue weighted by molar-refractivity contribution is 5.48. The molecular formula is C31H28N6. The van der Waals surface area contributed by atoms with E-state index < -0.39 is 0 Å². The van der Waals surface area contributed by atoms with Crippen LogP contribution < -0.4 is 0 Å². The van der Waals surface area contributed by atoms with Gasteiger partial charge in [-0.3, -0.25) is 0 Å². The van der Waals surface area contributed by atoms with Gasteiger partial charge >= 0.3 is 0 Å². The van der Waals surface area contributed by atoms with Gasteiger partial charge in [0.1, 0.15) is 18.5 Å². The molecule has 3 aromatic rings. The summed E-state index contributed by atoms with van der Waals surface area (Å²) in [7, 11) is 0. The van der Waals surface area contributed by atoms with Crippen LogP contribution in [0.2, 0.25) is 0 Å². The molecule has 6 nitrogen and oxygen atoms in total. The predicted molar refractivity (Wildman–Crippen MR) is 142 cm³/mol. The number of hydrogen-bond donors (Lipinski definition) is 0. The monoisotopic (exact) mass is 484 g/mol. The second-order valence-electron chi connectivity index (χ2n) is 11.0. The molecule has 0 radical (unpaired) electrons. The quantitative estimate of drug-likeness (QED) is 0.442. The molecule has 0 amide bonds. The lowest BCUT2D eigenvalue weighted by atomic mass is 9.82. The Morgan fingerprint density at radius 2 is 0.649 bits per heavy atom. The van der Waals surface area contributed by atoms with E-state index in [1.807, 2.05) is 0 Å². The molecule has 7 aliphatic rings. The molecule has 7 aliphatic heterocycles. The van der Waals surface area contributed by atoms with Crippen LogP contribution in [0.4, 0.5) is 0 Å². The Hall–Kier alpha value is -4.32. The van der Waals surface area contributed by atoms with Gasteiger partial charge in [0, 0.05) is 43.1 Å². The molecule has 6 heteroatoms. The van der Waals surface area contributed by atoms with Gasteiger partial charge in [-0.2, -0.15) is 0 Å². The van der Waals surface area contributed by atoms with E-state index in [1.165, 1.54) is 33.4 Å². The van der Waals surface area contributed by atoms with Crippen molar-refractivity contribution in [3.05, 3.63) is 143 Å². The number of rotatable bonds is 0. The predicted octanol–water partition coefficient (Wildman–Crippen LogP) is 5.04. The Morgan fingerprint density at radius 3 is 0.946 bits per heavy atom. The molecule has 0 atom stereocenters. The maximum Gasteiger partial charge on any atom is 0.130 e. The maximum atomic E-state index is 2.50. The normalized spacial score (nSPS) is 27.6. The van der Waals surface area contributed by atoms with Crippen LogP contribution in [-0.4, -0.2) is 49.4 Å². The fraction of sp³-hybridized carbons (Fsp3) is 0.226. The summed E-state index contributed by atoms with van der Waals surface area (Å²) in [5, 5.41) is 0. The Labute approximate surface area is 217 Å². The van der Waals surface area contributed by atoms with Crippen molar-refractivity contribution in [3.8, 4) is 0 Å². The van der Waals surface area contributed by atoms with E-state index >= 15 is 0 Å². The van der Waals surface area contributed by atoms with Crippen molar-refractivity contribution >= 4 is 0 Å². The molecule has 37 heavy (non-hydrogen) atoms. The van der Waals surface area contributed by atoms with Gasteiger partial charge in [0.05, 0.1) is 20.0 Å². The van der Waals surface area contributed by atoms with Crippen molar-refractivity contribution in [2.45, 2.75) is 24.4 Å². The van der Waals surface area contributed by atoms with Crippen molar-refractivity contribution < 1.29 is 0 Å². The highest BCUT2D eigenvalue weighted by atomic mass is 15.6. The first kappa shape index (κ1) is 19.8. The maximum absolute atomic E-state index is 2.50. The largest absolute Gasteiger partial charge is 0.334 e. The topological polar surface area (TPSA) is 19.4 Å². The third kappa shape index (κ3) is 2.75. The van der Waals surface area contributed by atoms with Crippen molar-refractivity contribution in [3.63, 3.8) is 0 Å². The lowest BCUT2D eigenvalue weighted by molar-refractivity contribution is -0.00483. The van der Waals surface area contributed by atoms with Crippen LogP contribution >= 0.6 is 0 Å². The number of benzene rings is 3. The molecule has 182 valence electrons. The van der Waals surface area contributed by atoms with Crippen molar-refractivity contribution in [2.24, 2.45) is 0 Å². The highest BCUT2D eigenvalue weighted by Crippen LogP contribution is 2.44. The summed E-state index contributed by atoms with van der Waals surface area (Å²) in [6.45, 7) is 2.51. The molecule has 0 unspecified atom stereocenters. The second kappa shape index (κ2) is 7.13. The zero-order valence-electron chi connectivity index (χ0n) is 20.5. The summed E-state index contributed by atoms with van der Waals surface area (Å²) in [6, 6.07) is 28.0. The summed E-state index contributed by atoms with van der Waals surface area (Å²) >= 11 is 0. The van der Waals surface area contributed by atoms with Crippen LogP contribution in [0.25, 0.3) is 0 Å². The molecule has 0 spiro atoms. The van der Waals surface area contributed by atoms with Crippen molar-refractivity contribution in [2.75, 3.05) is 20.0 Å². The molecule has 3 aromatic carbocycles. The van der Waals surface area contributed by atoms with Gasteiger partial charge in [-0.15, -0.1) is 0 Å². The molecule has 0 aromatic heterocycles. The minimum atomic E-state index is 0.120. The van der Waals surface area contributed by atoms with E-state index in [9.17, 15) is 0 Å². The van der Waals surface area contributed by atoms with Gasteiger partial charge in [-0.1, -0.05) is 72.8 Å². The molecular weight excluding hydrogens is 456 g/mol. The highest BCUT2D eigenvalue weighted by Gasteiger charge is 2.40. The Kier molecular flexibility index (Phi) is 3.82. The first-order valence-electron chi connectivity index (χ1n) is 13.2. The van der Waals surface area contributed by atoms with Gasteiger partial charge in [0.25, 0.3) is 0 Å². The summed E-state index contributed by atoms with van der Waals surface area (Å²) in [6.07, 6.45) is 14.1. The van der Waals surface area contributed by atoms with Crippen molar-refractivity contribution in [1.82, 2.24) is 29.4 Å². The zero-order chi connectivity index (χ0) is 24.1. The van der Waals surface area contributed by atoms with E-state index in [0.717, 1.165) is 20.0 Å². The van der Waals surface area contributed by atoms with Gasteiger partial charge < -0.3 is 29.4 Å². The average molecular weight is 485 g/mol. The molecule has 10 rings (SSSR count). The third-order valence-electron chi connectivity index (χ3n) is 8.84. The molecule has 0 aliphatic carbocycles. The molecule has 7 heterocycles. The number of hydrogen-bond acceptors (Lipinski definition) is 6. The molecule has 1 saturated heterocycles. The van der Waals surface area contributed by atoms with Gasteiger partial charge in [0.15, 0.2) is 0 Å². The standard InChI is InChI=1S/C31H28N6/c1-4-22-16-25(7-1)29-32-10-12-34(19-32)30-26-8-2-5-23(17-26)28(22)24-6-3-9-27(18-24)31(35-13-11-33(29)20-35)37-15-14-36(30)21-37/h1-18,28-31H,19-21H2. The van der Waals surface area contributed by atoms with Crippen molar-refractivity contribution in [1.29, 1.82) is 0 Å². The molecule has 1 fully saturated rings. The minimum Gasteiger partial charge on any atom is -0.334 e. The van der Waals surface area contributed by atoms with Gasteiger partial charge in [-0.05, 0) is 33.4 Å². The second-order valence-corrected chi connectivity index (χ2v) is 11.0. The summed E-state index contributed by atoms with van der Waals surface area (Å²) < 4.78 is 0. The van der Waals surface area contributed by atoms with Crippen LogP contribution in [-0.2, 0) is 0 Å². The fourth-order valence-electron chi connectivity index (χ4n) is 7.31. The Bertz CT molecular complexity index is 1290. The molecule has 0 saturated carbocycles. The van der Waals surface area contributed by atoms with Crippen LogP contribution in [0.15, 0.2) is 110 Å². The lowest BCUT2D eigenvalue weighted by Gasteiger charge is -2.45. The molecule has 0 N–H and O–H groups in total.